The van der Waals surface area contributed by atoms with Crippen molar-refractivity contribution < 1.29 is 14.1 Å². The van der Waals surface area contributed by atoms with Crippen molar-refractivity contribution in [1.82, 2.24) is 5.32 Å². The highest BCUT2D eigenvalue weighted by atomic mass is 16.6. The van der Waals surface area contributed by atoms with Gasteiger partial charge in [-0.05, 0) is 31.4 Å². The second-order valence-corrected chi connectivity index (χ2v) is 4.76. The van der Waals surface area contributed by atoms with Crippen LogP contribution in [0.5, 0.6) is 0 Å². The molecular weight excluding hydrogens is 250 g/mol. The van der Waals surface area contributed by atoms with Crippen molar-refractivity contribution in [3.63, 3.8) is 0 Å². The van der Waals surface area contributed by atoms with Crippen LogP contribution in [0, 0.1) is 16.0 Å². The molecule has 1 aromatic rings. The first-order valence-corrected chi connectivity index (χ1v) is 6.37. The van der Waals surface area contributed by atoms with E-state index in [9.17, 15) is 14.9 Å². The number of nitrogens with zero attached hydrogens (tertiary/aromatic N) is 1. The minimum absolute atomic E-state index is 0.0235. The maximum atomic E-state index is 11.9. The maximum absolute atomic E-state index is 11.9. The number of nitrogens with two attached hydrogens (primary N) is 1. The Morgan fingerprint density at radius 1 is 1.47 bits per heavy atom. The lowest BCUT2D eigenvalue weighted by molar-refractivity contribution is -0.402. The summed E-state index contributed by atoms with van der Waals surface area (Å²) in [5.41, 5.74) is 5.69. The van der Waals surface area contributed by atoms with Gasteiger partial charge in [0, 0.05) is 6.04 Å². The van der Waals surface area contributed by atoms with E-state index in [0.29, 0.717) is 6.54 Å². The van der Waals surface area contributed by atoms with Gasteiger partial charge in [0.25, 0.3) is 5.91 Å². The molecular formula is C12H17N3O4. The van der Waals surface area contributed by atoms with E-state index in [1.807, 2.05) is 0 Å². The number of hydrogen-bond donors (Lipinski definition) is 2. The highest BCUT2D eigenvalue weighted by Crippen LogP contribution is 2.24. The fraction of sp³-hybridized carbons (Fsp3) is 0.583. The molecule has 104 valence electrons. The number of amides is 1. The van der Waals surface area contributed by atoms with Crippen LogP contribution in [0.15, 0.2) is 16.5 Å². The summed E-state index contributed by atoms with van der Waals surface area (Å²) in [4.78, 5) is 21.8. The number of carbonyl (C=O) groups excluding carboxylic acids is 1. The minimum Gasteiger partial charge on any atom is -0.395 e. The van der Waals surface area contributed by atoms with E-state index in [4.69, 9.17) is 10.2 Å². The molecule has 2 atom stereocenters. The molecule has 1 saturated carbocycles. The van der Waals surface area contributed by atoms with E-state index in [1.165, 1.54) is 12.1 Å². The zero-order valence-electron chi connectivity index (χ0n) is 10.5. The van der Waals surface area contributed by atoms with Crippen molar-refractivity contribution in [2.75, 3.05) is 6.54 Å². The Morgan fingerprint density at radius 2 is 2.21 bits per heavy atom. The van der Waals surface area contributed by atoms with Crippen molar-refractivity contribution in [3.8, 4) is 0 Å². The summed E-state index contributed by atoms with van der Waals surface area (Å²) in [6, 6.07) is 2.51. The third-order valence-electron chi connectivity index (χ3n) is 3.52. The molecule has 19 heavy (non-hydrogen) atoms. The van der Waals surface area contributed by atoms with Crippen LogP contribution in [0.1, 0.15) is 36.2 Å². The van der Waals surface area contributed by atoms with E-state index >= 15 is 0 Å². The van der Waals surface area contributed by atoms with Crippen molar-refractivity contribution in [2.24, 2.45) is 11.7 Å². The number of carbonyl (C=O) groups is 1. The lowest BCUT2D eigenvalue weighted by atomic mass is 9.84. The second-order valence-electron chi connectivity index (χ2n) is 4.76. The number of nitrogens with one attached hydrogen (secondary N) is 1. The maximum Gasteiger partial charge on any atom is 0.433 e. The van der Waals surface area contributed by atoms with Gasteiger partial charge in [-0.3, -0.25) is 14.9 Å². The van der Waals surface area contributed by atoms with Crippen LogP contribution >= 0.6 is 0 Å². The second kappa shape index (κ2) is 5.83. The molecule has 0 bridgehead atoms. The molecule has 7 nitrogen and oxygen atoms in total. The molecule has 0 aromatic carbocycles. The Hall–Kier alpha value is -1.89. The standard InChI is InChI=1S/C12H17N3O4/c13-7-8-3-1-2-4-9(8)14-12(16)10-5-6-11(19-10)15(17)18/h5-6,8-9H,1-4,7,13H2,(H,14,16). The average molecular weight is 267 g/mol. The van der Waals surface area contributed by atoms with Crippen molar-refractivity contribution in [1.29, 1.82) is 0 Å². The topological polar surface area (TPSA) is 111 Å². The lowest BCUT2D eigenvalue weighted by Crippen LogP contribution is -2.44. The smallest absolute Gasteiger partial charge is 0.395 e. The molecule has 2 rings (SSSR count). The quantitative estimate of drug-likeness (QED) is 0.633. The van der Waals surface area contributed by atoms with Gasteiger partial charge in [-0.2, -0.15) is 0 Å². The van der Waals surface area contributed by atoms with Gasteiger partial charge in [-0.25, -0.2) is 0 Å². The zero-order valence-corrected chi connectivity index (χ0v) is 10.5. The summed E-state index contributed by atoms with van der Waals surface area (Å²) >= 11 is 0. The molecule has 3 N–H and O–H groups in total. The van der Waals surface area contributed by atoms with E-state index in [1.54, 1.807) is 0 Å². The highest BCUT2D eigenvalue weighted by molar-refractivity contribution is 5.91. The molecule has 0 spiro atoms. The van der Waals surface area contributed by atoms with Crippen LogP contribution in [0.25, 0.3) is 0 Å². The van der Waals surface area contributed by atoms with Gasteiger partial charge in [-0.15, -0.1) is 0 Å². The fourth-order valence-electron chi connectivity index (χ4n) is 2.47. The Morgan fingerprint density at radius 3 is 2.84 bits per heavy atom. The number of hydrogen-bond acceptors (Lipinski definition) is 5. The predicted molar refractivity (Wildman–Crippen MR) is 67.6 cm³/mol. The van der Waals surface area contributed by atoms with E-state index < -0.39 is 16.7 Å². The third-order valence-corrected chi connectivity index (χ3v) is 3.52. The summed E-state index contributed by atoms with van der Waals surface area (Å²) in [7, 11) is 0. The Bertz CT molecular complexity index is 471. The molecule has 1 aromatic heterocycles. The molecule has 1 fully saturated rings. The first-order valence-electron chi connectivity index (χ1n) is 6.37. The molecule has 0 saturated heterocycles. The lowest BCUT2D eigenvalue weighted by Gasteiger charge is -2.30. The van der Waals surface area contributed by atoms with Crippen molar-refractivity contribution in [3.05, 3.63) is 28.0 Å². The van der Waals surface area contributed by atoms with Crippen LogP contribution < -0.4 is 11.1 Å². The molecule has 0 radical (unpaired) electrons. The third kappa shape index (κ3) is 3.11. The van der Waals surface area contributed by atoms with Crippen molar-refractivity contribution >= 4 is 11.8 Å². The first kappa shape index (κ1) is 13.5. The minimum atomic E-state index is -0.667. The highest BCUT2D eigenvalue weighted by Gasteiger charge is 2.27. The van der Waals surface area contributed by atoms with Crippen LogP contribution in [-0.2, 0) is 0 Å². The predicted octanol–water partition coefficient (Wildman–Crippen LogP) is 1.44. The Kier molecular flexibility index (Phi) is 4.16. The summed E-state index contributed by atoms with van der Waals surface area (Å²) in [5.74, 6) is -0.613. The monoisotopic (exact) mass is 267 g/mol. The molecule has 1 heterocycles. The van der Waals surface area contributed by atoms with Gasteiger partial charge >= 0.3 is 5.88 Å². The normalized spacial score (nSPS) is 23.0. The molecule has 7 heteroatoms. The van der Waals surface area contributed by atoms with Gasteiger partial charge in [-0.1, -0.05) is 12.8 Å². The van der Waals surface area contributed by atoms with Gasteiger partial charge in [0.05, 0.1) is 6.07 Å². The average Bonchev–Trinajstić information content (AvgIpc) is 2.89. The molecule has 1 aliphatic rings. The fourth-order valence-corrected chi connectivity index (χ4v) is 2.47. The first-order chi connectivity index (χ1) is 9.11. The van der Waals surface area contributed by atoms with E-state index in [2.05, 4.69) is 5.32 Å². The summed E-state index contributed by atoms with van der Waals surface area (Å²) in [6.07, 6.45) is 4.07. The van der Waals surface area contributed by atoms with Gasteiger partial charge < -0.3 is 15.5 Å². The van der Waals surface area contributed by atoms with Gasteiger partial charge in [0.1, 0.15) is 4.92 Å². The SMILES string of the molecule is NCC1CCCCC1NC(=O)c1ccc([N+](=O)[O-])o1. The summed E-state index contributed by atoms with van der Waals surface area (Å²) in [5, 5.41) is 13.3. The zero-order chi connectivity index (χ0) is 13.8. The van der Waals surface area contributed by atoms with Gasteiger partial charge in [0.2, 0.25) is 0 Å². The van der Waals surface area contributed by atoms with Crippen LogP contribution in [-0.4, -0.2) is 23.4 Å². The van der Waals surface area contributed by atoms with Gasteiger partial charge in [0.15, 0.2) is 5.76 Å². The summed E-state index contributed by atoms with van der Waals surface area (Å²) < 4.78 is 4.87. The van der Waals surface area contributed by atoms with E-state index in [-0.39, 0.29) is 17.7 Å². The molecule has 2 unspecified atom stereocenters. The number of furan rings is 1. The van der Waals surface area contributed by atoms with Crippen LogP contribution in [0.4, 0.5) is 5.88 Å². The summed E-state index contributed by atoms with van der Waals surface area (Å²) in [6.45, 7) is 0.531. The Balaban J connectivity index is 2.01. The van der Waals surface area contributed by atoms with Crippen molar-refractivity contribution in [2.45, 2.75) is 31.7 Å². The van der Waals surface area contributed by atoms with Crippen LogP contribution in [0.2, 0.25) is 0 Å². The number of nitro groups is 1. The van der Waals surface area contributed by atoms with Crippen LogP contribution in [0.3, 0.4) is 0 Å². The molecule has 1 aliphatic carbocycles. The molecule has 0 aliphatic heterocycles. The number of rotatable bonds is 4. The van der Waals surface area contributed by atoms with E-state index in [0.717, 1.165) is 25.7 Å². The molecule has 1 amide bonds. The Labute approximate surface area is 110 Å². The largest absolute Gasteiger partial charge is 0.433 e.